The van der Waals surface area contributed by atoms with E-state index in [4.69, 9.17) is 10.4 Å². The Balaban J connectivity index is 3.80. The molecule has 0 rings (SSSR count). The van der Waals surface area contributed by atoms with Crippen LogP contribution in [0.2, 0.25) is 0 Å². The molecule has 0 amide bonds. The summed E-state index contributed by atoms with van der Waals surface area (Å²) < 4.78 is 0. The van der Waals surface area contributed by atoms with Crippen LogP contribution < -0.4 is 0 Å². The quantitative estimate of drug-likeness (QED) is 0.669. The van der Waals surface area contributed by atoms with E-state index in [1.165, 1.54) is 0 Å². The summed E-state index contributed by atoms with van der Waals surface area (Å²) in [5.41, 5.74) is 0. The van der Waals surface area contributed by atoms with Crippen LogP contribution >= 0.6 is 0 Å². The van der Waals surface area contributed by atoms with Crippen LogP contribution in [0.3, 0.4) is 0 Å². The fourth-order valence-corrected chi connectivity index (χ4v) is 1.09. The van der Waals surface area contributed by atoms with Crippen molar-refractivity contribution in [2.45, 2.75) is 39.3 Å². The normalized spacial score (nSPS) is 13.4. The Bertz CT molecular complexity index is 149. The summed E-state index contributed by atoms with van der Waals surface area (Å²) in [6.07, 6.45) is 0.219. The summed E-state index contributed by atoms with van der Waals surface area (Å²) >= 11 is 0. The molecule has 0 saturated carbocycles. The van der Waals surface area contributed by atoms with Crippen LogP contribution in [0.25, 0.3) is 0 Å². The van der Waals surface area contributed by atoms with Gasteiger partial charge in [-0.25, -0.2) is 0 Å². The van der Waals surface area contributed by atoms with Gasteiger partial charge in [0.2, 0.25) is 0 Å². The summed E-state index contributed by atoms with van der Waals surface area (Å²) in [6.45, 7) is 7.31. The van der Waals surface area contributed by atoms with Gasteiger partial charge < -0.3 is 5.11 Å². The predicted molar refractivity (Wildman–Crippen MR) is 48.6 cm³/mol. The van der Waals surface area contributed by atoms with Gasteiger partial charge in [-0.15, -0.1) is 0 Å². The molecule has 1 atom stereocenters. The van der Waals surface area contributed by atoms with Gasteiger partial charge in [0.15, 0.2) is 0 Å². The predicted octanol–water partition coefficient (Wildman–Crippen LogP) is 0.991. The lowest BCUT2D eigenvalue weighted by atomic mass is 10.2. The van der Waals surface area contributed by atoms with E-state index in [9.17, 15) is 0 Å². The fraction of sp³-hybridized carbons (Fsp3) is 0.889. The third-order valence-corrected chi connectivity index (χ3v) is 1.74. The van der Waals surface area contributed by atoms with Gasteiger partial charge in [-0.2, -0.15) is 5.26 Å². The van der Waals surface area contributed by atoms with Crippen LogP contribution in [0.15, 0.2) is 0 Å². The lowest BCUT2D eigenvalue weighted by Gasteiger charge is -2.26. The van der Waals surface area contributed by atoms with Gasteiger partial charge in [0, 0.05) is 25.6 Å². The number of nitrogens with zero attached hydrogens (tertiary/aromatic N) is 2. The Morgan fingerprint density at radius 3 is 2.33 bits per heavy atom. The smallest absolute Gasteiger partial charge is 0.0639 e. The van der Waals surface area contributed by atoms with Crippen molar-refractivity contribution >= 4 is 0 Å². The first kappa shape index (κ1) is 11.4. The van der Waals surface area contributed by atoms with Gasteiger partial charge in [-0.1, -0.05) is 0 Å². The average Bonchev–Trinajstić information content (AvgIpc) is 1.96. The second-order valence-corrected chi connectivity index (χ2v) is 3.35. The van der Waals surface area contributed by atoms with Gasteiger partial charge >= 0.3 is 0 Å². The molecule has 0 heterocycles. The molecule has 0 spiro atoms. The second-order valence-electron chi connectivity index (χ2n) is 3.35. The molecule has 0 aromatic heterocycles. The third-order valence-electron chi connectivity index (χ3n) is 1.74. The number of nitriles is 1. The minimum absolute atomic E-state index is 0.314. The standard InChI is InChI=1S/C9H18N2O/c1-8(2)11(6-4-5-10)7-9(3)12/h8-9,12H,4,6-7H2,1-3H3/t9-/m0/s1. The van der Waals surface area contributed by atoms with Gasteiger partial charge in [0.25, 0.3) is 0 Å². The van der Waals surface area contributed by atoms with Crippen LogP contribution in [0.1, 0.15) is 27.2 Å². The SMILES string of the molecule is CC(C)N(CCC#N)C[C@H](C)O. The van der Waals surface area contributed by atoms with Crippen molar-refractivity contribution in [1.82, 2.24) is 4.90 Å². The van der Waals surface area contributed by atoms with Crippen molar-refractivity contribution in [2.75, 3.05) is 13.1 Å². The van der Waals surface area contributed by atoms with E-state index in [1.54, 1.807) is 6.92 Å². The molecule has 0 aliphatic heterocycles. The molecule has 0 bridgehead atoms. The minimum Gasteiger partial charge on any atom is -0.392 e. The molecule has 0 radical (unpaired) electrons. The van der Waals surface area contributed by atoms with Crippen molar-refractivity contribution in [3.05, 3.63) is 0 Å². The molecule has 0 fully saturated rings. The van der Waals surface area contributed by atoms with Crippen LogP contribution in [0, 0.1) is 11.3 Å². The molecule has 0 aromatic rings. The van der Waals surface area contributed by atoms with Gasteiger partial charge in [0.05, 0.1) is 12.2 Å². The maximum Gasteiger partial charge on any atom is 0.0639 e. The molecular formula is C9H18N2O. The molecule has 0 aliphatic rings. The summed E-state index contributed by atoms with van der Waals surface area (Å²) in [6, 6.07) is 2.50. The highest BCUT2D eigenvalue weighted by Gasteiger charge is 2.10. The monoisotopic (exact) mass is 170 g/mol. The average molecular weight is 170 g/mol. The highest BCUT2D eigenvalue weighted by Crippen LogP contribution is 2.00. The highest BCUT2D eigenvalue weighted by atomic mass is 16.3. The first-order valence-corrected chi connectivity index (χ1v) is 4.37. The van der Waals surface area contributed by atoms with E-state index >= 15 is 0 Å². The highest BCUT2D eigenvalue weighted by molar-refractivity contribution is 4.74. The van der Waals surface area contributed by atoms with Gasteiger partial charge in [-0.05, 0) is 20.8 Å². The van der Waals surface area contributed by atoms with Crippen molar-refractivity contribution in [2.24, 2.45) is 0 Å². The largest absolute Gasteiger partial charge is 0.392 e. The Labute approximate surface area is 74.6 Å². The molecule has 0 saturated heterocycles. The number of hydrogen-bond acceptors (Lipinski definition) is 3. The zero-order chi connectivity index (χ0) is 9.56. The molecule has 12 heavy (non-hydrogen) atoms. The number of aliphatic hydroxyl groups is 1. The summed E-state index contributed by atoms with van der Waals surface area (Å²) in [4.78, 5) is 2.11. The van der Waals surface area contributed by atoms with E-state index in [0.29, 0.717) is 19.0 Å². The summed E-state index contributed by atoms with van der Waals surface area (Å²) in [7, 11) is 0. The Morgan fingerprint density at radius 2 is 2.00 bits per heavy atom. The van der Waals surface area contributed by atoms with E-state index in [0.717, 1.165) is 6.54 Å². The minimum atomic E-state index is -0.314. The lowest BCUT2D eigenvalue weighted by molar-refractivity contribution is 0.109. The maximum atomic E-state index is 9.15. The van der Waals surface area contributed by atoms with E-state index in [2.05, 4.69) is 24.8 Å². The summed E-state index contributed by atoms with van der Waals surface area (Å²) in [5, 5.41) is 17.5. The Hall–Kier alpha value is -0.590. The van der Waals surface area contributed by atoms with Crippen LogP contribution in [-0.4, -0.2) is 35.2 Å². The molecule has 1 N–H and O–H groups in total. The lowest BCUT2D eigenvalue weighted by Crippen LogP contribution is -2.37. The van der Waals surface area contributed by atoms with Crippen LogP contribution in [0.5, 0.6) is 0 Å². The third kappa shape index (κ3) is 5.11. The molecule has 0 unspecified atom stereocenters. The summed E-state index contributed by atoms with van der Waals surface area (Å²) in [5.74, 6) is 0. The zero-order valence-electron chi connectivity index (χ0n) is 8.12. The van der Waals surface area contributed by atoms with Crippen LogP contribution in [-0.2, 0) is 0 Å². The zero-order valence-corrected chi connectivity index (χ0v) is 8.12. The molecule has 3 nitrogen and oxygen atoms in total. The fourth-order valence-electron chi connectivity index (χ4n) is 1.09. The van der Waals surface area contributed by atoms with Crippen molar-refractivity contribution < 1.29 is 5.11 Å². The van der Waals surface area contributed by atoms with Crippen LogP contribution in [0.4, 0.5) is 0 Å². The van der Waals surface area contributed by atoms with Crippen molar-refractivity contribution in [3.63, 3.8) is 0 Å². The Kier molecular flexibility index (Phi) is 5.69. The first-order chi connectivity index (χ1) is 5.57. The number of hydrogen-bond donors (Lipinski definition) is 1. The Morgan fingerprint density at radius 1 is 1.42 bits per heavy atom. The van der Waals surface area contributed by atoms with Crippen molar-refractivity contribution in [1.29, 1.82) is 5.26 Å². The second kappa shape index (κ2) is 5.99. The van der Waals surface area contributed by atoms with Gasteiger partial charge in [-0.3, -0.25) is 4.90 Å². The number of aliphatic hydroxyl groups excluding tert-OH is 1. The molecular weight excluding hydrogens is 152 g/mol. The first-order valence-electron chi connectivity index (χ1n) is 4.37. The molecule has 0 aliphatic carbocycles. The van der Waals surface area contributed by atoms with E-state index < -0.39 is 0 Å². The molecule has 70 valence electrons. The maximum absolute atomic E-state index is 9.15. The van der Waals surface area contributed by atoms with E-state index in [1.807, 2.05) is 0 Å². The number of rotatable bonds is 5. The molecule has 0 aromatic carbocycles. The van der Waals surface area contributed by atoms with Crippen molar-refractivity contribution in [3.8, 4) is 6.07 Å². The van der Waals surface area contributed by atoms with E-state index in [-0.39, 0.29) is 6.10 Å². The topological polar surface area (TPSA) is 47.3 Å². The molecule has 3 heteroatoms. The van der Waals surface area contributed by atoms with Gasteiger partial charge in [0.1, 0.15) is 0 Å².